The van der Waals surface area contributed by atoms with Gasteiger partial charge in [-0.3, -0.25) is 4.79 Å². The molecule has 0 bridgehead atoms. The zero-order valence-corrected chi connectivity index (χ0v) is 11.4. The van der Waals surface area contributed by atoms with Crippen LogP contribution in [0.3, 0.4) is 0 Å². The largest absolute Gasteiger partial charge is 0.396 e. The van der Waals surface area contributed by atoms with E-state index in [2.05, 4.69) is 0 Å². The molecule has 0 radical (unpaired) electrons. The lowest BCUT2D eigenvalue weighted by molar-refractivity contribution is -0.123. The van der Waals surface area contributed by atoms with Gasteiger partial charge in [0, 0.05) is 18.9 Å². The number of carbonyl (C=O) groups is 1. The summed E-state index contributed by atoms with van der Waals surface area (Å²) in [7, 11) is 0. The van der Waals surface area contributed by atoms with Gasteiger partial charge in [-0.05, 0) is 31.2 Å². The molecule has 1 aromatic rings. The van der Waals surface area contributed by atoms with Crippen molar-refractivity contribution in [2.75, 3.05) is 6.61 Å². The number of hydrogen-bond donors (Lipinski definition) is 1. The van der Waals surface area contributed by atoms with E-state index in [0.717, 1.165) is 12.0 Å². The molecule has 2 rings (SSSR count). The van der Waals surface area contributed by atoms with Gasteiger partial charge in [-0.15, -0.1) is 0 Å². The number of ether oxygens (including phenoxy) is 1. The smallest absolute Gasteiger partial charge is 0.136 e. The molecule has 1 fully saturated rings. The van der Waals surface area contributed by atoms with Crippen LogP contribution in [-0.4, -0.2) is 23.6 Å². The van der Waals surface area contributed by atoms with Crippen molar-refractivity contribution in [2.45, 2.75) is 38.9 Å². The fourth-order valence-electron chi connectivity index (χ4n) is 2.94. The third kappa shape index (κ3) is 3.64. The number of aliphatic hydroxyl groups is 1. The fourth-order valence-corrected chi connectivity index (χ4v) is 2.94. The summed E-state index contributed by atoms with van der Waals surface area (Å²) in [6.07, 6.45) is 2.15. The molecule has 3 heteroatoms. The molecule has 0 aliphatic heterocycles. The molecular weight excluding hydrogens is 240 g/mol. The van der Waals surface area contributed by atoms with Gasteiger partial charge in [-0.25, -0.2) is 0 Å². The Balaban J connectivity index is 1.88. The highest BCUT2D eigenvalue weighted by molar-refractivity contribution is 5.83. The van der Waals surface area contributed by atoms with Crippen LogP contribution in [-0.2, 0) is 16.1 Å². The average Bonchev–Trinajstić information content (AvgIpc) is 2.80. The third-order valence-corrected chi connectivity index (χ3v) is 4.05. The second-order valence-electron chi connectivity index (χ2n) is 5.29. The molecule has 0 heterocycles. The zero-order valence-electron chi connectivity index (χ0n) is 11.4. The van der Waals surface area contributed by atoms with Gasteiger partial charge < -0.3 is 9.84 Å². The Kier molecular flexibility index (Phi) is 5.11. The van der Waals surface area contributed by atoms with E-state index in [1.54, 1.807) is 0 Å². The highest BCUT2D eigenvalue weighted by Crippen LogP contribution is 2.35. The minimum absolute atomic E-state index is 0.0178. The van der Waals surface area contributed by atoms with Gasteiger partial charge in [0.25, 0.3) is 0 Å². The van der Waals surface area contributed by atoms with Gasteiger partial charge in [-0.2, -0.15) is 0 Å². The maximum absolute atomic E-state index is 11.8. The standard InChI is InChI=1S/C16H22O3/c1-12(19-11-13-5-3-2-4-6-13)14-7-8-16(18)15(14)9-10-17/h2-6,12,14-15,17H,7-11H2,1H3/t12-,14-,15-/m1/s1. The van der Waals surface area contributed by atoms with E-state index in [4.69, 9.17) is 9.84 Å². The normalized spacial score (nSPS) is 24.6. The third-order valence-electron chi connectivity index (χ3n) is 4.05. The molecule has 1 saturated carbocycles. The van der Waals surface area contributed by atoms with E-state index in [9.17, 15) is 4.79 Å². The molecule has 19 heavy (non-hydrogen) atoms. The summed E-state index contributed by atoms with van der Waals surface area (Å²) in [5.74, 6) is 0.522. The van der Waals surface area contributed by atoms with Crippen molar-refractivity contribution >= 4 is 5.78 Å². The minimum Gasteiger partial charge on any atom is -0.396 e. The number of hydrogen-bond acceptors (Lipinski definition) is 3. The first-order valence-corrected chi connectivity index (χ1v) is 7.01. The molecule has 3 nitrogen and oxygen atoms in total. The van der Waals surface area contributed by atoms with E-state index in [-0.39, 0.29) is 30.3 Å². The number of carbonyl (C=O) groups excluding carboxylic acids is 1. The number of rotatable bonds is 6. The van der Waals surface area contributed by atoms with Crippen LogP contribution in [0.4, 0.5) is 0 Å². The highest BCUT2D eigenvalue weighted by Gasteiger charge is 2.37. The maximum atomic E-state index is 11.8. The fraction of sp³-hybridized carbons (Fsp3) is 0.562. The molecule has 1 aliphatic carbocycles. The summed E-state index contributed by atoms with van der Waals surface area (Å²) in [5.41, 5.74) is 1.15. The van der Waals surface area contributed by atoms with Crippen LogP contribution in [0.25, 0.3) is 0 Å². The van der Waals surface area contributed by atoms with Gasteiger partial charge in [0.2, 0.25) is 0 Å². The number of ketones is 1. The van der Waals surface area contributed by atoms with Crippen molar-refractivity contribution in [3.8, 4) is 0 Å². The number of Topliss-reactive ketones (excluding diaryl/α,β-unsaturated/α-hetero) is 1. The summed E-state index contributed by atoms with van der Waals surface area (Å²) < 4.78 is 5.90. The minimum atomic E-state index is -0.0178. The first kappa shape index (κ1) is 14.2. The number of benzene rings is 1. The van der Waals surface area contributed by atoms with Crippen LogP contribution in [0.5, 0.6) is 0 Å². The van der Waals surface area contributed by atoms with Crippen molar-refractivity contribution in [1.29, 1.82) is 0 Å². The SMILES string of the molecule is C[C@@H](OCc1ccccc1)[C@H]1CCC(=O)[C@@H]1CCO. The van der Waals surface area contributed by atoms with Crippen molar-refractivity contribution in [3.05, 3.63) is 35.9 Å². The van der Waals surface area contributed by atoms with Crippen LogP contribution < -0.4 is 0 Å². The Labute approximate surface area is 114 Å². The zero-order chi connectivity index (χ0) is 13.7. The van der Waals surface area contributed by atoms with Gasteiger partial charge in [0.15, 0.2) is 0 Å². The summed E-state index contributed by atoms with van der Waals surface area (Å²) in [5, 5.41) is 9.06. The van der Waals surface area contributed by atoms with Crippen LogP contribution in [0.15, 0.2) is 30.3 Å². The van der Waals surface area contributed by atoms with E-state index in [0.29, 0.717) is 19.4 Å². The first-order valence-electron chi connectivity index (χ1n) is 7.01. The lowest BCUT2D eigenvalue weighted by atomic mass is 9.88. The molecule has 0 aromatic heterocycles. The first-order chi connectivity index (χ1) is 9.22. The summed E-state index contributed by atoms with van der Waals surface area (Å²) >= 11 is 0. The number of aliphatic hydroxyl groups excluding tert-OH is 1. The monoisotopic (exact) mass is 262 g/mol. The lowest BCUT2D eigenvalue weighted by Gasteiger charge is -2.24. The predicted octanol–water partition coefficient (Wildman–Crippen LogP) is 2.57. The molecule has 0 amide bonds. The topological polar surface area (TPSA) is 46.5 Å². The molecule has 3 atom stereocenters. The second-order valence-corrected chi connectivity index (χ2v) is 5.29. The average molecular weight is 262 g/mol. The molecule has 0 saturated heterocycles. The van der Waals surface area contributed by atoms with Gasteiger partial charge in [0.1, 0.15) is 5.78 Å². The maximum Gasteiger partial charge on any atom is 0.136 e. The van der Waals surface area contributed by atoms with Gasteiger partial charge >= 0.3 is 0 Å². The van der Waals surface area contributed by atoms with E-state index >= 15 is 0 Å². The van der Waals surface area contributed by atoms with Crippen molar-refractivity contribution in [1.82, 2.24) is 0 Å². The quantitative estimate of drug-likeness (QED) is 0.857. The molecule has 1 aromatic carbocycles. The van der Waals surface area contributed by atoms with Crippen LogP contribution in [0.2, 0.25) is 0 Å². The summed E-state index contributed by atoms with van der Waals surface area (Å²) in [4.78, 5) is 11.8. The lowest BCUT2D eigenvalue weighted by Crippen LogP contribution is -2.27. The van der Waals surface area contributed by atoms with Gasteiger partial charge in [0.05, 0.1) is 12.7 Å². The molecule has 104 valence electrons. The van der Waals surface area contributed by atoms with Crippen LogP contribution in [0.1, 0.15) is 31.7 Å². The Morgan fingerprint density at radius 3 is 2.79 bits per heavy atom. The molecule has 0 unspecified atom stereocenters. The van der Waals surface area contributed by atoms with Crippen molar-refractivity contribution in [3.63, 3.8) is 0 Å². The Hall–Kier alpha value is -1.19. The molecule has 1 N–H and O–H groups in total. The van der Waals surface area contributed by atoms with Crippen molar-refractivity contribution in [2.24, 2.45) is 11.8 Å². The predicted molar refractivity (Wildman–Crippen MR) is 73.6 cm³/mol. The summed E-state index contributed by atoms with van der Waals surface area (Å²) in [6.45, 7) is 2.70. The van der Waals surface area contributed by atoms with Crippen LogP contribution in [0, 0.1) is 11.8 Å². The molecule has 0 spiro atoms. The second kappa shape index (κ2) is 6.83. The highest BCUT2D eigenvalue weighted by atomic mass is 16.5. The molecule has 1 aliphatic rings. The van der Waals surface area contributed by atoms with Gasteiger partial charge in [-0.1, -0.05) is 30.3 Å². The van der Waals surface area contributed by atoms with Crippen LogP contribution >= 0.6 is 0 Å². The van der Waals surface area contributed by atoms with E-state index in [1.807, 2.05) is 37.3 Å². The Morgan fingerprint density at radius 1 is 1.37 bits per heavy atom. The van der Waals surface area contributed by atoms with Crippen molar-refractivity contribution < 1.29 is 14.6 Å². The summed E-state index contributed by atoms with van der Waals surface area (Å²) in [6, 6.07) is 10.1. The van der Waals surface area contributed by atoms with E-state index < -0.39 is 0 Å². The van der Waals surface area contributed by atoms with E-state index in [1.165, 1.54) is 0 Å². The molecular formula is C16H22O3. The Bertz CT molecular complexity index is 402. The Morgan fingerprint density at radius 2 is 2.11 bits per heavy atom.